The van der Waals surface area contributed by atoms with E-state index in [4.69, 9.17) is 5.11 Å². The average Bonchev–Trinajstić information content (AvgIpc) is 2.01. The van der Waals surface area contributed by atoms with Gasteiger partial charge < -0.3 is 10.4 Å². The molecule has 0 aromatic rings. The Balaban J connectivity index is 2.08. The molecule has 13 heavy (non-hydrogen) atoms. The minimum absolute atomic E-state index is 0.180. The number of aliphatic hydroxyl groups is 1. The van der Waals surface area contributed by atoms with Gasteiger partial charge in [0.05, 0.1) is 11.9 Å². The van der Waals surface area contributed by atoms with Crippen LogP contribution in [0.25, 0.3) is 0 Å². The molecule has 0 bridgehead atoms. The SMILES string of the molecule is CCS(=O)(=O)CCNC1CC(O)C1. The van der Waals surface area contributed by atoms with Gasteiger partial charge in [0.15, 0.2) is 9.84 Å². The van der Waals surface area contributed by atoms with Crippen molar-refractivity contribution in [1.29, 1.82) is 0 Å². The van der Waals surface area contributed by atoms with E-state index < -0.39 is 9.84 Å². The molecule has 0 atom stereocenters. The van der Waals surface area contributed by atoms with Gasteiger partial charge in [-0.3, -0.25) is 0 Å². The summed E-state index contributed by atoms with van der Waals surface area (Å²) in [6, 6.07) is 0.321. The lowest BCUT2D eigenvalue weighted by Gasteiger charge is -2.32. The summed E-state index contributed by atoms with van der Waals surface area (Å²) in [5.74, 6) is 0.415. The second-order valence-electron chi connectivity index (χ2n) is 3.51. The average molecular weight is 207 g/mol. The molecule has 1 aliphatic carbocycles. The molecule has 0 aromatic heterocycles. The lowest BCUT2D eigenvalue weighted by molar-refractivity contribution is 0.0635. The standard InChI is InChI=1S/C8H17NO3S/c1-2-13(11,12)4-3-9-7-5-8(10)6-7/h7-10H,2-6H2,1H3. The molecule has 0 aliphatic heterocycles. The molecule has 1 fully saturated rings. The molecule has 0 amide bonds. The molecule has 0 heterocycles. The van der Waals surface area contributed by atoms with E-state index in [1.54, 1.807) is 6.92 Å². The third-order valence-corrected chi connectivity index (χ3v) is 4.10. The Morgan fingerprint density at radius 2 is 2.08 bits per heavy atom. The zero-order valence-electron chi connectivity index (χ0n) is 7.86. The van der Waals surface area contributed by atoms with E-state index in [0.29, 0.717) is 12.6 Å². The minimum atomic E-state index is -2.84. The van der Waals surface area contributed by atoms with Crippen molar-refractivity contribution in [2.75, 3.05) is 18.1 Å². The van der Waals surface area contributed by atoms with Crippen LogP contribution in [-0.2, 0) is 9.84 Å². The normalized spacial score (nSPS) is 28.5. The predicted molar refractivity (Wildman–Crippen MR) is 51.4 cm³/mol. The Morgan fingerprint density at radius 3 is 2.54 bits per heavy atom. The van der Waals surface area contributed by atoms with Gasteiger partial charge in [0.1, 0.15) is 0 Å². The first-order chi connectivity index (χ1) is 6.03. The van der Waals surface area contributed by atoms with Gasteiger partial charge in [-0.25, -0.2) is 8.42 Å². The summed E-state index contributed by atoms with van der Waals surface area (Å²) in [6.07, 6.45) is 1.33. The van der Waals surface area contributed by atoms with E-state index in [1.165, 1.54) is 0 Å². The highest BCUT2D eigenvalue weighted by Crippen LogP contribution is 2.18. The molecule has 0 aromatic carbocycles. The van der Waals surface area contributed by atoms with E-state index in [9.17, 15) is 8.42 Å². The first-order valence-corrected chi connectivity index (χ1v) is 6.47. The van der Waals surface area contributed by atoms with Crippen molar-refractivity contribution in [2.24, 2.45) is 0 Å². The maximum absolute atomic E-state index is 11.1. The molecule has 78 valence electrons. The van der Waals surface area contributed by atoms with Gasteiger partial charge in [-0.15, -0.1) is 0 Å². The number of sulfone groups is 1. The highest BCUT2D eigenvalue weighted by atomic mass is 32.2. The zero-order chi connectivity index (χ0) is 9.90. The molecule has 2 N–H and O–H groups in total. The van der Waals surface area contributed by atoms with Crippen molar-refractivity contribution in [2.45, 2.75) is 31.9 Å². The van der Waals surface area contributed by atoms with E-state index in [-0.39, 0.29) is 17.6 Å². The van der Waals surface area contributed by atoms with Crippen LogP contribution in [-0.4, -0.2) is 43.7 Å². The van der Waals surface area contributed by atoms with Crippen molar-refractivity contribution < 1.29 is 13.5 Å². The highest BCUT2D eigenvalue weighted by molar-refractivity contribution is 7.91. The van der Waals surface area contributed by atoms with Crippen LogP contribution in [0.5, 0.6) is 0 Å². The third kappa shape index (κ3) is 3.62. The summed E-state index contributed by atoms with van der Waals surface area (Å²) < 4.78 is 22.1. The van der Waals surface area contributed by atoms with Crippen LogP contribution in [0.1, 0.15) is 19.8 Å². The van der Waals surface area contributed by atoms with Crippen LogP contribution in [0, 0.1) is 0 Å². The molecule has 1 rings (SSSR count). The first-order valence-electron chi connectivity index (χ1n) is 4.65. The number of rotatable bonds is 5. The fraction of sp³-hybridized carbons (Fsp3) is 1.00. The van der Waals surface area contributed by atoms with Crippen LogP contribution >= 0.6 is 0 Å². The topological polar surface area (TPSA) is 66.4 Å². The summed E-state index contributed by atoms with van der Waals surface area (Å²) in [6.45, 7) is 2.16. The second-order valence-corrected chi connectivity index (χ2v) is 5.99. The molecule has 1 saturated carbocycles. The Bertz CT molecular complexity index is 244. The number of hydrogen-bond donors (Lipinski definition) is 2. The van der Waals surface area contributed by atoms with Crippen LogP contribution in [0.2, 0.25) is 0 Å². The minimum Gasteiger partial charge on any atom is -0.393 e. The van der Waals surface area contributed by atoms with Crippen molar-refractivity contribution in [3.05, 3.63) is 0 Å². The summed E-state index contributed by atoms with van der Waals surface area (Å²) >= 11 is 0. The Labute approximate surface area is 79.3 Å². The van der Waals surface area contributed by atoms with Gasteiger partial charge in [-0.1, -0.05) is 6.92 Å². The first kappa shape index (κ1) is 10.9. The molecule has 4 nitrogen and oxygen atoms in total. The summed E-state index contributed by atoms with van der Waals surface area (Å²) in [7, 11) is -2.84. The van der Waals surface area contributed by atoms with E-state index >= 15 is 0 Å². The number of aliphatic hydroxyl groups excluding tert-OH is 1. The molecule has 0 spiro atoms. The smallest absolute Gasteiger partial charge is 0.151 e. The van der Waals surface area contributed by atoms with Crippen molar-refractivity contribution in [3.63, 3.8) is 0 Å². The van der Waals surface area contributed by atoms with Gasteiger partial charge >= 0.3 is 0 Å². The number of nitrogens with one attached hydrogen (secondary N) is 1. The lowest BCUT2D eigenvalue weighted by atomic mass is 9.90. The maximum atomic E-state index is 11.1. The van der Waals surface area contributed by atoms with E-state index in [2.05, 4.69) is 5.32 Å². The maximum Gasteiger partial charge on any atom is 0.151 e. The fourth-order valence-electron chi connectivity index (χ4n) is 1.32. The van der Waals surface area contributed by atoms with Crippen molar-refractivity contribution in [1.82, 2.24) is 5.32 Å². The van der Waals surface area contributed by atoms with Crippen LogP contribution in [0.4, 0.5) is 0 Å². The Kier molecular flexibility index (Phi) is 3.70. The van der Waals surface area contributed by atoms with Crippen molar-refractivity contribution in [3.8, 4) is 0 Å². The van der Waals surface area contributed by atoms with Gasteiger partial charge in [-0.2, -0.15) is 0 Å². The predicted octanol–water partition coefficient (Wildman–Crippen LogP) is -0.466. The molecular weight excluding hydrogens is 190 g/mol. The Morgan fingerprint density at radius 1 is 1.46 bits per heavy atom. The summed E-state index contributed by atoms with van der Waals surface area (Å²) in [4.78, 5) is 0. The van der Waals surface area contributed by atoms with Crippen LogP contribution in [0.15, 0.2) is 0 Å². The van der Waals surface area contributed by atoms with E-state index in [0.717, 1.165) is 12.8 Å². The molecule has 5 heteroatoms. The van der Waals surface area contributed by atoms with E-state index in [1.807, 2.05) is 0 Å². The van der Waals surface area contributed by atoms with Gasteiger partial charge in [-0.05, 0) is 12.8 Å². The van der Waals surface area contributed by atoms with Gasteiger partial charge in [0.2, 0.25) is 0 Å². The van der Waals surface area contributed by atoms with Crippen LogP contribution < -0.4 is 5.32 Å². The molecule has 0 unspecified atom stereocenters. The molecule has 0 saturated heterocycles. The highest BCUT2D eigenvalue weighted by Gasteiger charge is 2.26. The lowest BCUT2D eigenvalue weighted by Crippen LogP contribution is -2.45. The number of hydrogen-bond acceptors (Lipinski definition) is 4. The fourth-order valence-corrected chi connectivity index (χ4v) is 2.03. The summed E-state index contributed by atoms with van der Waals surface area (Å²) in [5, 5.41) is 12.1. The third-order valence-electron chi connectivity index (χ3n) is 2.40. The van der Waals surface area contributed by atoms with Gasteiger partial charge in [0.25, 0.3) is 0 Å². The molecular formula is C8H17NO3S. The monoisotopic (exact) mass is 207 g/mol. The van der Waals surface area contributed by atoms with Crippen LogP contribution in [0.3, 0.4) is 0 Å². The van der Waals surface area contributed by atoms with Crippen molar-refractivity contribution >= 4 is 9.84 Å². The Hall–Kier alpha value is -0.130. The molecule has 1 aliphatic rings. The summed E-state index contributed by atoms with van der Waals surface area (Å²) in [5.41, 5.74) is 0. The van der Waals surface area contributed by atoms with Gasteiger partial charge in [0, 0.05) is 18.3 Å². The second kappa shape index (κ2) is 4.39. The quantitative estimate of drug-likeness (QED) is 0.640. The largest absolute Gasteiger partial charge is 0.393 e. The molecule has 0 radical (unpaired) electrons. The zero-order valence-corrected chi connectivity index (χ0v) is 8.68.